The van der Waals surface area contributed by atoms with Crippen LogP contribution in [0.5, 0.6) is 5.75 Å². The summed E-state index contributed by atoms with van der Waals surface area (Å²) in [4.78, 5) is 46.2. The minimum Gasteiger partial charge on any atom is -0.489 e. The molecule has 2 aliphatic heterocycles. The fourth-order valence-corrected chi connectivity index (χ4v) is 8.37. The lowest BCUT2D eigenvalue weighted by Crippen LogP contribution is -2.57. The second-order valence-corrected chi connectivity index (χ2v) is 14.1. The lowest BCUT2D eigenvalue weighted by molar-refractivity contribution is -0.188. The van der Waals surface area contributed by atoms with E-state index in [1.807, 2.05) is 128 Å². The number of halogens is 1. The summed E-state index contributed by atoms with van der Waals surface area (Å²) in [5, 5.41) is -0.955. The third-order valence-electron chi connectivity index (χ3n) is 9.60. The van der Waals surface area contributed by atoms with Gasteiger partial charge < -0.3 is 14.2 Å². The van der Waals surface area contributed by atoms with Crippen molar-refractivity contribution in [3.8, 4) is 5.75 Å². The van der Waals surface area contributed by atoms with Crippen LogP contribution in [0, 0.1) is 0 Å². The summed E-state index contributed by atoms with van der Waals surface area (Å²) < 4.78 is 18.8. The van der Waals surface area contributed by atoms with Gasteiger partial charge in [-0.15, -0.1) is 0 Å². The van der Waals surface area contributed by atoms with E-state index in [4.69, 9.17) is 25.8 Å². The summed E-state index contributed by atoms with van der Waals surface area (Å²) in [6.45, 7) is 2.23. The predicted octanol–water partition coefficient (Wildman–Crippen LogP) is 9.09. The molecule has 0 saturated carbocycles. The van der Waals surface area contributed by atoms with Crippen molar-refractivity contribution in [2.75, 3.05) is 19.8 Å². The van der Waals surface area contributed by atoms with Crippen molar-refractivity contribution in [3.63, 3.8) is 0 Å². The smallest absolute Gasteiger partial charge is 0.412 e. The standard InChI is InChI=1S/C42H37ClN2O6S/c1-2-41(44-26-27-49-39(44)47,29-50-35-25-15-24-34(43)28-35)51-36(30-16-7-3-8-17-30)37-38(46)45(40(48)52-37)42(31-18-9-4-10-19-31,32-20-11-5-12-21-32)33-22-13-6-14-23-33/h3-25,28,36-37H,2,26-27,29H2,1H3/t36?,37?,41-/m0/s1. The zero-order valence-corrected chi connectivity index (χ0v) is 30.0. The van der Waals surface area contributed by atoms with Crippen molar-refractivity contribution in [2.24, 2.45) is 0 Å². The van der Waals surface area contributed by atoms with Gasteiger partial charge in [-0.05, 0) is 58.6 Å². The zero-order valence-electron chi connectivity index (χ0n) is 28.5. The van der Waals surface area contributed by atoms with Crippen LogP contribution >= 0.6 is 23.4 Å². The summed E-state index contributed by atoms with van der Waals surface area (Å²) >= 11 is 7.20. The summed E-state index contributed by atoms with van der Waals surface area (Å²) in [5.74, 6) is 0.0639. The third kappa shape index (κ3) is 6.56. The van der Waals surface area contributed by atoms with Crippen LogP contribution in [-0.2, 0) is 19.8 Å². The first-order valence-corrected chi connectivity index (χ1v) is 18.4. The molecule has 0 N–H and O–H groups in total. The summed E-state index contributed by atoms with van der Waals surface area (Å²) in [7, 11) is 0. The van der Waals surface area contributed by atoms with E-state index in [-0.39, 0.29) is 26.2 Å². The van der Waals surface area contributed by atoms with Gasteiger partial charge in [-0.25, -0.2) is 4.79 Å². The van der Waals surface area contributed by atoms with Gasteiger partial charge in [0.1, 0.15) is 35.9 Å². The minimum atomic E-state index is -1.39. The maximum Gasteiger partial charge on any atom is 0.412 e. The average molecular weight is 733 g/mol. The van der Waals surface area contributed by atoms with Crippen molar-refractivity contribution in [3.05, 3.63) is 173 Å². The van der Waals surface area contributed by atoms with Gasteiger partial charge in [0.2, 0.25) is 5.91 Å². The molecule has 0 spiro atoms. The Labute approximate surface area is 312 Å². The molecule has 2 aliphatic rings. The molecule has 5 aromatic carbocycles. The van der Waals surface area contributed by atoms with E-state index in [1.165, 1.54) is 9.80 Å². The molecule has 0 radical (unpaired) electrons. The average Bonchev–Trinajstić information content (AvgIpc) is 3.76. The molecule has 264 valence electrons. The second kappa shape index (κ2) is 15.3. The lowest BCUT2D eigenvalue weighted by atomic mass is 9.75. The highest BCUT2D eigenvalue weighted by Crippen LogP contribution is 2.50. The predicted molar refractivity (Wildman–Crippen MR) is 201 cm³/mol. The van der Waals surface area contributed by atoms with Crippen LogP contribution < -0.4 is 4.74 Å². The van der Waals surface area contributed by atoms with Crippen LogP contribution in [0.3, 0.4) is 0 Å². The zero-order chi connectivity index (χ0) is 36.1. The van der Waals surface area contributed by atoms with Crippen molar-refractivity contribution < 1.29 is 28.6 Å². The van der Waals surface area contributed by atoms with Gasteiger partial charge in [-0.3, -0.25) is 19.4 Å². The van der Waals surface area contributed by atoms with Crippen molar-refractivity contribution in [1.29, 1.82) is 0 Å². The van der Waals surface area contributed by atoms with Crippen molar-refractivity contribution in [1.82, 2.24) is 9.80 Å². The van der Waals surface area contributed by atoms with Gasteiger partial charge in [0, 0.05) is 5.02 Å². The number of ether oxygens (including phenoxy) is 3. The molecule has 0 bridgehead atoms. The Kier molecular flexibility index (Phi) is 10.4. The highest BCUT2D eigenvalue weighted by atomic mass is 35.5. The molecule has 2 unspecified atom stereocenters. The molecule has 3 atom stereocenters. The second-order valence-electron chi connectivity index (χ2n) is 12.5. The number of carbonyl (C=O) groups is 3. The topological polar surface area (TPSA) is 85.4 Å². The first-order chi connectivity index (χ1) is 25.4. The Bertz CT molecular complexity index is 1920. The van der Waals surface area contributed by atoms with E-state index in [0.29, 0.717) is 16.3 Å². The Balaban J connectivity index is 1.36. The Morgan fingerprint density at radius 1 is 0.788 bits per heavy atom. The molecule has 8 nitrogen and oxygen atoms in total. The maximum atomic E-state index is 15.3. The van der Waals surface area contributed by atoms with Gasteiger partial charge in [-0.2, -0.15) is 0 Å². The Morgan fingerprint density at radius 2 is 1.35 bits per heavy atom. The van der Waals surface area contributed by atoms with Crippen LogP contribution in [0.1, 0.15) is 41.7 Å². The number of amides is 3. The third-order valence-corrected chi connectivity index (χ3v) is 10.9. The number of benzene rings is 5. The van der Waals surface area contributed by atoms with E-state index in [0.717, 1.165) is 28.5 Å². The van der Waals surface area contributed by atoms with E-state index in [9.17, 15) is 9.59 Å². The molecule has 5 aromatic rings. The highest BCUT2D eigenvalue weighted by Gasteiger charge is 2.57. The van der Waals surface area contributed by atoms with Gasteiger partial charge in [0.05, 0.1) is 6.54 Å². The molecule has 0 aliphatic carbocycles. The fraction of sp³-hybridized carbons (Fsp3) is 0.214. The van der Waals surface area contributed by atoms with Gasteiger partial charge in [0.15, 0.2) is 5.72 Å². The highest BCUT2D eigenvalue weighted by molar-refractivity contribution is 8.15. The van der Waals surface area contributed by atoms with E-state index < -0.39 is 39.9 Å². The molecular formula is C42H37ClN2O6S. The molecular weight excluding hydrogens is 696 g/mol. The molecule has 2 heterocycles. The van der Waals surface area contributed by atoms with Crippen LogP contribution in [-0.4, -0.2) is 57.8 Å². The number of hydrogen-bond donors (Lipinski definition) is 0. The molecule has 52 heavy (non-hydrogen) atoms. The normalized spacial score (nSPS) is 17.9. The Morgan fingerprint density at radius 3 is 1.85 bits per heavy atom. The number of rotatable bonds is 13. The molecule has 2 fully saturated rings. The quantitative estimate of drug-likeness (QED) is 0.112. The number of thioether (sulfide) groups is 1. The first-order valence-electron chi connectivity index (χ1n) is 17.1. The monoisotopic (exact) mass is 732 g/mol. The van der Waals surface area contributed by atoms with E-state index >= 15 is 4.79 Å². The maximum absolute atomic E-state index is 15.3. The summed E-state index contributed by atoms with van der Waals surface area (Å²) in [6.07, 6.45) is -1.25. The first kappa shape index (κ1) is 35.3. The number of carbonyl (C=O) groups excluding carboxylic acids is 3. The van der Waals surface area contributed by atoms with Gasteiger partial charge in [-0.1, -0.05) is 146 Å². The molecule has 0 aromatic heterocycles. The van der Waals surface area contributed by atoms with Crippen LogP contribution in [0.2, 0.25) is 5.02 Å². The van der Waals surface area contributed by atoms with Crippen LogP contribution in [0.4, 0.5) is 9.59 Å². The van der Waals surface area contributed by atoms with E-state index in [2.05, 4.69) is 0 Å². The Hall–Kier alpha value is -5.09. The molecule has 2 saturated heterocycles. The minimum absolute atomic E-state index is 0.0898. The van der Waals surface area contributed by atoms with Gasteiger partial charge in [0.25, 0.3) is 5.24 Å². The number of nitrogens with zero attached hydrogens (tertiary/aromatic N) is 2. The number of hydrogen-bond acceptors (Lipinski definition) is 7. The largest absolute Gasteiger partial charge is 0.489 e. The summed E-state index contributed by atoms with van der Waals surface area (Å²) in [5.41, 5.74) is 0.238. The van der Waals surface area contributed by atoms with Gasteiger partial charge >= 0.3 is 6.09 Å². The van der Waals surface area contributed by atoms with Crippen molar-refractivity contribution in [2.45, 2.75) is 36.0 Å². The SMILES string of the molecule is CC[C@@](COc1cccc(Cl)c1)(OC(c1ccccc1)C1SC(=O)N(C(c2ccccc2)(c2ccccc2)c2ccccc2)C1=O)N1CCOC1=O. The molecule has 3 amide bonds. The summed E-state index contributed by atoms with van der Waals surface area (Å²) in [6, 6.07) is 45.1. The van der Waals surface area contributed by atoms with Crippen LogP contribution in [0.15, 0.2) is 146 Å². The fourth-order valence-electron chi connectivity index (χ4n) is 7.10. The van der Waals surface area contributed by atoms with E-state index in [1.54, 1.807) is 24.3 Å². The number of cyclic esters (lactones) is 1. The van der Waals surface area contributed by atoms with Crippen LogP contribution in [0.25, 0.3) is 0 Å². The van der Waals surface area contributed by atoms with Crippen molar-refractivity contribution >= 4 is 40.6 Å². The number of imide groups is 1. The molecule has 10 heteroatoms. The molecule has 7 rings (SSSR count). The lowest BCUT2D eigenvalue weighted by Gasteiger charge is -2.43.